The van der Waals surface area contributed by atoms with E-state index >= 15 is 0 Å². The maximum atomic E-state index is 6.01. The van der Waals surface area contributed by atoms with Gasteiger partial charge in [-0.2, -0.15) is 0 Å². The van der Waals surface area contributed by atoms with Crippen molar-refractivity contribution >= 4 is 16.3 Å². The fraction of sp³-hybridized carbons (Fsp3) is 0.308. The van der Waals surface area contributed by atoms with Crippen molar-refractivity contribution in [2.45, 2.75) is 26.2 Å². The largest absolute Gasteiger partial charge is 0.389 e. The molecule has 1 heterocycles. The molecule has 2 nitrogen and oxygen atoms in total. The summed E-state index contributed by atoms with van der Waals surface area (Å²) in [5.41, 5.74) is 8.30. The molecule has 1 atom stereocenters. The fourth-order valence-electron chi connectivity index (χ4n) is 1.75. The summed E-state index contributed by atoms with van der Waals surface area (Å²) < 4.78 is 0. The van der Waals surface area contributed by atoms with E-state index in [2.05, 4.69) is 43.1 Å². The minimum Gasteiger partial charge on any atom is -0.389 e. The van der Waals surface area contributed by atoms with E-state index in [1.165, 1.54) is 5.56 Å². The van der Waals surface area contributed by atoms with Crippen molar-refractivity contribution in [3.05, 3.63) is 46.6 Å². The van der Waals surface area contributed by atoms with Crippen LogP contribution in [0.4, 0.5) is 5.00 Å². The molecule has 1 aromatic carbocycles. The van der Waals surface area contributed by atoms with Crippen molar-refractivity contribution < 1.29 is 0 Å². The lowest BCUT2D eigenvalue weighted by atomic mass is 9.98. The van der Waals surface area contributed by atoms with Crippen LogP contribution in [0.25, 0.3) is 0 Å². The number of hydrogen-bond donors (Lipinski definition) is 1. The van der Waals surface area contributed by atoms with E-state index in [4.69, 9.17) is 5.73 Å². The Morgan fingerprint density at radius 2 is 2.00 bits per heavy atom. The Kier molecular flexibility index (Phi) is 3.25. The minimum atomic E-state index is 0.276. The molecule has 0 saturated carbocycles. The number of thiazole rings is 1. The fourth-order valence-corrected chi connectivity index (χ4v) is 2.62. The van der Waals surface area contributed by atoms with Gasteiger partial charge in [-0.05, 0) is 12.0 Å². The quantitative estimate of drug-likeness (QED) is 0.880. The zero-order chi connectivity index (χ0) is 11.5. The third-order valence-electron chi connectivity index (χ3n) is 2.74. The molecule has 0 aliphatic rings. The van der Waals surface area contributed by atoms with E-state index < -0.39 is 0 Å². The van der Waals surface area contributed by atoms with Gasteiger partial charge in [0.2, 0.25) is 0 Å². The van der Waals surface area contributed by atoms with E-state index in [9.17, 15) is 0 Å². The molecule has 2 aromatic rings. The molecule has 3 heteroatoms. The van der Waals surface area contributed by atoms with Crippen LogP contribution in [0, 0.1) is 0 Å². The first-order valence-electron chi connectivity index (χ1n) is 5.52. The van der Waals surface area contributed by atoms with Crippen molar-refractivity contribution in [1.82, 2.24) is 4.98 Å². The molecule has 2 rings (SSSR count). The summed E-state index contributed by atoms with van der Waals surface area (Å²) in [6, 6.07) is 10.4. The summed E-state index contributed by atoms with van der Waals surface area (Å²) in [5.74, 6) is 0.276. The highest BCUT2D eigenvalue weighted by Gasteiger charge is 2.15. The molecule has 84 valence electrons. The molecular formula is C13H16N2S. The van der Waals surface area contributed by atoms with Crippen LogP contribution in [0.3, 0.4) is 0 Å². The lowest BCUT2D eigenvalue weighted by molar-refractivity contribution is 0.873. The second kappa shape index (κ2) is 4.66. The van der Waals surface area contributed by atoms with Crippen LogP contribution in [0.2, 0.25) is 0 Å². The number of hydrogen-bond acceptors (Lipinski definition) is 3. The highest BCUT2D eigenvalue weighted by Crippen LogP contribution is 2.31. The summed E-state index contributed by atoms with van der Waals surface area (Å²) in [5, 5.41) is 1.98. The van der Waals surface area contributed by atoms with Gasteiger partial charge in [0.05, 0.1) is 10.7 Å². The zero-order valence-electron chi connectivity index (χ0n) is 9.60. The molecule has 1 aromatic heterocycles. The molecule has 0 bridgehead atoms. The molecule has 0 aliphatic carbocycles. The van der Waals surface area contributed by atoms with Gasteiger partial charge in [0, 0.05) is 5.92 Å². The summed E-state index contributed by atoms with van der Waals surface area (Å²) in [4.78, 5) is 4.60. The molecule has 0 amide bonds. The van der Waals surface area contributed by atoms with Crippen molar-refractivity contribution in [2.24, 2.45) is 0 Å². The normalized spacial score (nSPS) is 12.6. The van der Waals surface area contributed by atoms with Crippen molar-refractivity contribution in [1.29, 1.82) is 0 Å². The van der Waals surface area contributed by atoms with Crippen LogP contribution in [-0.4, -0.2) is 4.98 Å². The van der Waals surface area contributed by atoms with Crippen molar-refractivity contribution in [2.75, 3.05) is 5.73 Å². The van der Waals surface area contributed by atoms with Gasteiger partial charge >= 0.3 is 0 Å². The number of benzene rings is 1. The minimum absolute atomic E-state index is 0.276. The predicted molar refractivity (Wildman–Crippen MR) is 69.9 cm³/mol. The summed E-state index contributed by atoms with van der Waals surface area (Å²) in [7, 11) is 0. The Morgan fingerprint density at radius 3 is 2.56 bits per heavy atom. The second-order valence-electron chi connectivity index (χ2n) is 3.84. The predicted octanol–water partition coefficient (Wildman–Crippen LogP) is 3.44. The third-order valence-corrected chi connectivity index (χ3v) is 3.78. The molecule has 2 N–H and O–H groups in total. The Labute approximate surface area is 100 Å². The zero-order valence-corrected chi connectivity index (χ0v) is 10.4. The maximum absolute atomic E-state index is 6.01. The first-order chi connectivity index (χ1) is 7.72. The van der Waals surface area contributed by atoms with E-state index in [1.54, 1.807) is 11.3 Å². The van der Waals surface area contributed by atoms with E-state index in [-0.39, 0.29) is 5.92 Å². The number of anilines is 1. The van der Waals surface area contributed by atoms with Crippen LogP contribution < -0.4 is 5.73 Å². The van der Waals surface area contributed by atoms with Gasteiger partial charge in [0.15, 0.2) is 0 Å². The SMILES string of the molecule is CCc1nc(C(C)c2ccccc2)c(N)s1. The summed E-state index contributed by atoms with van der Waals surface area (Å²) in [6.45, 7) is 4.26. The van der Waals surface area contributed by atoms with E-state index in [0.29, 0.717) is 0 Å². The van der Waals surface area contributed by atoms with Gasteiger partial charge in [-0.15, -0.1) is 11.3 Å². The topological polar surface area (TPSA) is 38.9 Å². The van der Waals surface area contributed by atoms with Crippen LogP contribution in [0.1, 0.15) is 36.0 Å². The smallest absolute Gasteiger partial charge is 0.110 e. The Balaban J connectivity index is 2.33. The average molecular weight is 232 g/mol. The van der Waals surface area contributed by atoms with Crippen LogP contribution >= 0.6 is 11.3 Å². The number of aromatic nitrogens is 1. The van der Waals surface area contributed by atoms with Crippen LogP contribution in [0.5, 0.6) is 0 Å². The lowest BCUT2D eigenvalue weighted by Gasteiger charge is -2.09. The number of rotatable bonds is 3. The van der Waals surface area contributed by atoms with Crippen LogP contribution in [-0.2, 0) is 6.42 Å². The number of aryl methyl sites for hydroxylation is 1. The Hall–Kier alpha value is -1.35. The first-order valence-corrected chi connectivity index (χ1v) is 6.34. The molecule has 0 radical (unpaired) electrons. The van der Waals surface area contributed by atoms with E-state index in [1.807, 2.05) is 6.07 Å². The molecule has 16 heavy (non-hydrogen) atoms. The van der Waals surface area contributed by atoms with Gasteiger partial charge in [-0.3, -0.25) is 0 Å². The molecule has 0 spiro atoms. The van der Waals surface area contributed by atoms with E-state index in [0.717, 1.165) is 22.1 Å². The van der Waals surface area contributed by atoms with Crippen molar-refractivity contribution in [3.8, 4) is 0 Å². The number of nitrogen functional groups attached to an aromatic ring is 1. The maximum Gasteiger partial charge on any atom is 0.110 e. The molecule has 0 aliphatic heterocycles. The lowest BCUT2D eigenvalue weighted by Crippen LogP contribution is -1.99. The van der Waals surface area contributed by atoms with Gasteiger partial charge in [-0.25, -0.2) is 4.98 Å². The highest BCUT2D eigenvalue weighted by molar-refractivity contribution is 7.15. The first kappa shape index (κ1) is 11.1. The monoisotopic (exact) mass is 232 g/mol. The molecule has 0 saturated heterocycles. The summed E-state index contributed by atoms with van der Waals surface area (Å²) in [6.07, 6.45) is 0.955. The third kappa shape index (κ3) is 2.09. The van der Waals surface area contributed by atoms with Crippen LogP contribution in [0.15, 0.2) is 30.3 Å². The standard InChI is InChI=1S/C13H16N2S/c1-3-11-15-12(13(14)16-11)9(2)10-7-5-4-6-8-10/h4-9H,3,14H2,1-2H3. The summed E-state index contributed by atoms with van der Waals surface area (Å²) >= 11 is 1.60. The van der Waals surface area contributed by atoms with Gasteiger partial charge in [-0.1, -0.05) is 44.2 Å². The molecule has 1 unspecified atom stereocenters. The van der Waals surface area contributed by atoms with Crippen molar-refractivity contribution in [3.63, 3.8) is 0 Å². The Morgan fingerprint density at radius 1 is 1.31 bits per heavy atom. The Bertz CT molecular complexity index is 462. The molecule has 0 fully saturated rings. The highest BCUT2D eigenvalue weighted by atomic mass is 32.1. The second-order valence-corrected chi connectivity index (χ2v) is 4.96. The van der Waals surface area contributed by atoms with Gasteiger partial charge < -0.3 is 5.73 Å². The van der Waals surface area contributed by atoms with Gasteiger partial charge in [0.25, 0.3) is 0 Å². The number of nitrogens with zero attached hydrogens (tertiary/aromatic N) is 1. The average Bonchev–Trinajstić information content (AvgIpc) is 2.71. The van der Waals surface area contributed by atoms with Gasteiger partial charge in [0.1, 0.15) is 5.00 Å². The number of nitrogens with two attached hydrogens (primary N) is 1. The molecular weight excluding hydrogens is 216 g/mol.